The Morgan fingerprint density at radius 1 is 1.09 bits per heavy atom. The van der Waals surface area contributed by atoms with Gasteiger partial charge in [-0.15, -0.1) is 6.58 Å². The first-order valence-electron chi connectivity index (χ1n) is 7.97. The third-order valence-corrected chi connectivity index (χ3v) is 3.81. The Bertz CT molecular complexity index is 674. The minimum absolute atomic E-state index is 0.955. The zero-order valence-corrected chi connectivity index (χ0v) is 13.6. The molecule has 0 aliphatic carbocycles. The summed E-state index contributed by atoms with van der Waals surface area (Å²) >= 11 is 0. The summed E-state index contributed by atoms with van der Waals surface area (Å²) in [6.45, 7) is 9.07. The molecule has 0 unspecified atom stereocenters. The molecule has 0 heterocycles. The topological polar surface area (TPSA) is 3.24 Å². The lowest BCUT2D eigenvalue weighted by Crippen LogP contribution is -2.20. The molecule has 1 heteroatoms. The molecule has 2 rings (SSSR count). The van der Waals surface area contributed by atoms with Crippen molar-refractivity contribution in [2.75, 3.05) is 11.4 Å². The smallest absolute Gasteiger partial charge is 0.0487 e. The van der Waals surface area contributed by atoms with Crippen LogP contribution in [0.4, 0.5) is 5.69 Å². The van der Waals surface area contributed by atoms with Gasteiger partial charge >= 0.3 is 0 Å². The Labute approximate surface area is 134 Å². The fourth-order valence-electron chi connectivity index (χ4n) is 2.66. The number of anilines is 1. The summed E-state index contributed by atoms with van der Waals surface area (Å²) in [5.74, 6) is 0. The summed E-state index contributed by atoms with van der Waals surface area (Å²) in [4.78, 5) is 2.36. The largest absolute Gasteiger partial charge is 0.345 e. The zero-order chi connectivity index (χ0) is 15.8. The van der Waals surface area contributed by atoms with Crippen molar-refractivity contribution in [1.29, 1.82) is 0 Å². The van der Waals surface area contributed by atoms with Gasteiger partial charge in [-0.1, -0.05) is 54.6 Å². The number of benzene rings is 2. The first-order valence-corrected chi connectivity index (χ1v) is 7.97. The second-order valence-corrected chi connectivity index (χ2v) is 5.34. The molecule has 114 valence electrons. The lowest BCUT2D eigenvalue weighted by atomic mass is 10.1. The second kappa shape index (κ2) is 8.23. The molecule has 0 saturated carbocycles. The van der Waals surface area contributed by atoms with E-state index in [4.69, 9.17) is 0 Å². The van der Waals surface area contributed by atoms with Gasteiger partial charge < -0.3 is 4.90 Å². The number of nitrogens with zero attached hydrogens (tertiary/aromatic N) is 1. The predicted molar refractivity (Wildman–Crippen MR) is 99.3 cm³/mol. The van der Waals surface area contributed by atoms with Gasteiger partial charge in [-0.25, -0.2) is 0 Å². The van der Waals surface area contributed by atoms with E-state index < -0.39 is 0 Å². The van der Waals surface area contributed by atoms with E-state index in [9.17, 15) is 0 Å². The maximum Gasteiger partial charge on any atom is 0.0487 e. The lowest BCUT2D eigenvalue weighted by Gasteiger charge is -2.25. The van der Waals surface area contributed by atoms with Crippen LogP contribution >= 0.6 is 0 Å². The van der Waals surface area contributed by atoms with Crippen molar-refractivity contribution in [3.8, 4) is 0 Å². The Morgan fingerprint density at radius 2 is 1.86 bits per heavy atom. The van der Waals surface area contributed by atoms with Crippen LogP contribution < -0.4 is 4.90 Å². The third-order valence-electron chi connectivity index (χ3n) is 3.81. The number of rotatable bonds is 7. The van der Waals surface area contributed by atoms with Gasteiger partial charge in [0, 0.05) is 23.3 Å². The fourth-order valence-corrected chi connectivity index (χ4v) is 2.66. The zero-order valence-electron chi connectivity index (χ0n) is 13.6. The van der Waals surface area contributed by atoms with Crippen molar-refractivity contribution >= 4 is 16.5 Å². The van der Waals surface area contributed by atoms with Gasteiger partial charge in [-0.3, -0.25) is 0 Å². The highest BCUT2D eigenvalue weighted by Gasteiger charge is 2.09. The number of hydrogen-bond acceptors (Lipinski definition) is 1. The van der Waals surface area contributed by atoms with Crippen LogP contribution in [0.1, 0.15) is 26.7 Å². The molecule has 2 aromatic rings. The van der Waals surface area contributed by atoms with Crippen LogP contribution in [-0.2, 0) is 0 Å². The van der Waals surface area contributed by atoms with Crippen molar-refractivity contribution in [3.63, 3.8) is 0 Å². The molecule has 0 spiro atoms. The summed E-state index contributed by atoms with van der Waals surface area (Å²) in [5.41, 5.74) is 2.53. The Morgan fingerprint density at radius 3 is 2.64 bits per heavy atom. The van der Waals surface area contributed by atoms with Gasteiger partial charge in [-0.05, 0) is 44.2 Å². The summed E-state index contributed by atoms with van der Waals surface area (Å²) < 4.78 is 0. The molecule has 0 bridgehead atoms. The fraction of sp³-hybridized carbons (Fsp3) is 0.238. The number of hydrogen-bond donors (Lipinski definition) is 0. The Kier molecular flexibility index (Phi) is 6.02. The molecule has 0 radical (unpaired) electrons. The van der Waals surface area contributed by atoms with E-state index in [1.807, 2.05) is 6.08 Å². The average Bonchev–Trinajstić information content (AvgIpc) is 2.55. The van der Waals surface area contributed by atoms with E-state index >= 15 is 0 Å². The van der Waals surface area contributed by atoms with Crippen molar-refractivity contribution in [1.82, 2.24) is 0 Å². The van der Waals surface area contributed by atoms with Crippen molar-refractivity contribution in [2.24, 2.45) is 0 Å². The average molecular weight is 291 g/mol. The molecule has 0 aromatic heterocycles. The normalized spacial score (nSPS) is 12.0. The lowest BCUT2D eigenvalue weighted by molar-refractivity contribution is 0.958. The van der Waals surface area contributed by atoms with E-state index in [2.05, 4.69) is 86.0 Å². The van der Waals surface area contributed by atoms with Crippen LogP contribution in [0.15, 0.2) is 79.0 Å². The molecule has 2 aromatic carbocycles. The monoisotopic (exact) mass is 291 g/mol. The van der Waals surface area contributed by atoms with Gasteiger partial charge in [0.15, 0.2) is 0 Å². The Balaban J connectivity index is 2.28. The van der Waals surface area contributed by atoms with Crippen molar-refractivity contribution in [2.45, 2.75) is 26.7 Å². The van der Waals surface area contributed by atoms with Gasteiger partial charge in [-0.2, -0.15) is 0 Å². The minimum atomic E-state index is 0.955. The maximum absolute atomic E-state index is 3.75. The van der Waals surface area contributed by atoms with E-state index in [0.717, 1.165) is 19.4 Å². The molecule has 0 saturated heterocycles. The molecular formula is C21H25N. The van der Waals surface area contributed by atoms with E-state index in [1.165, 1.54) is 22.2 Å². The quantitative estimate of drug-likeness (QED) is 0.339. The van der Waals surface area contributed by atoms with Crippen LogP contribution in [0.5, 0.6) is 0 Å². The van der Waals surface area contributed by atoms with Crippen LogP contribution in [0.3, 0.4) is 0 Å². The molecule has 0 aliphatic heterocycles. The SMILES string of the molecule is C=CCC/C=C\C=C(/C)N(CC)c1cccc2ccccc12. The molecule has 0 N–H and O–H groups in total. The van der Waals surface area contributed by atoms with Crippen LogP contribution in [0.2, 0.25) is 0 Å². The van der Waals surface area contributed by atoms with Crippen LogP contribution in [0, 0.1) is 0 Å². The summed E-state index contributed by atoms with van der Waals surface area (Å²) in [6, 6.07) is 15.1. The summed E-state index contributed by atoms with van der Waals surface area (Å²) in [6.07, 6.45) is 10.6. The van der Waals surface area contributed by atoms with Crippen LogP contribution in [0.25, 0.3) is 10.8 Å². The Hall–Kier alpha value is -2.28. The van der Waals surface area contributed by atoms with Gasteiger partial charge in [0.2, 0.25) is 0 Å². The highest BCUT2D eigenvalue weighted by Crippen LogP contribution is 2.28. The molecule has 0 fully saturated rings. The van der Waals surface area contributed by atoms with Crippen LogP contribution in [-0.4, -0.2) is 6.54 Å². The van der Waals surface area contributed by atoms with E-state index in [-0.39, 0.29) is 0 Å². The highest BCUT2D eigenvalue weighted by molar-refractivity contribution is 5.94. The molecule has 22 heavy (non-hydrogen) atoms. The highest BCUT2D eigenvalue weighted by atomic mass is 15.1. The number of allylic oxidation sites excluding steroid dienone is 5. The van der Waals surface area contributed by atoms with Gasteiger partial charge in [0.1, 0.15) is 0 Å². The summed E-state index contributed by atoms with van der Waals surface area (Å²) in [5, 5.41) is 2.59. The van der Waals surface area contributed by atoms with Gasteiger partial charge in [0.25, 0.3) is 0 Å². The minimum Gasteiger partial charge on any atom is -0.345 e. The first-order chi connectivity index (χ1) is 10.8. The molecular weight excluding hydrogens is 266 g/mol. The maximum atomic E-state index is 3.75. The summed E-state index contributed by atoms with van der Waals surface area (Å²) in [7, 11) is 0. The van der Waals surface area contributed by atoms with E-state index in [1.54, 1.807) is 0 Å². The molecule has 0 amide bonds. The molecule has 1 nitrogen and oxygen atoms in total. The number of fused-ring (bicyclic) bond motifs is 1. The molecule has 0 aliphatic rings. The standard InChI is InChI=1S/C21H25N/c1-4-6-7-8-9-13-18(3)22(5-2)21-17-12-15-19-14-10-11-16-20(19)21/h4,8-17H,1,5-7H2,2-3H3/b9-8-,18-13+. The van der Waals surface area contributed by atoms with Crippen molar-refractivity contribution in [3.05, 3.63) is 79.0 Å². The van der Waals surface area contributed by atoms with Gasteiger partial charge in [0.05, 0.1) is 0 Å². The molecule has 0 atom stereocenters. The van der Waals surface area contributed by atoms with Crippen molar-refractivity contribution < 1.29 is 0 Å². The number of unbranched alkanes of at least 4 members (excludes halogenated alkanes) is 1. The third kappa shape index (κ3) is 3.88. The van der Waals surface area contributed by atoms with E-state index in [0.29, 0.717) is 0 Å². The second-order valence-electron chi connectivity index (χ2n) is 5.34. The first kappa shape index (κ1) is 16.1. The predicted octanol–water partition coefficient (Wildman–Crippen LogP) is 6.09.